The molecule has 6 heteroatoms. The largest absolute Gasteiger partial charge is 0.436 e. The van der Waals surface area contributed by atoms with Gasteiger partial charge in [0.1, 0.15) is 0 Å². The maximum absolute atomic E-state index is 11.1. The maximum Gasteiger partial charge on any atom is 0.436 e. The van der Waals surface area contributed by atoms with Crippen LogP contribution in [0, 0.1) is 0 Å². The summed E-state index contributed by atoms with van der Waals surface area (Å²) >= 11 is 0. The quantitative estimate of drug-likeness (QED) is 0.349. The summed E-state index contributed by atoms with van der Waals surface area (Å²) in [5.74, 6) is -3.24. The number of hydroxylamine groups is 2. The van der Waals surface area contributed by atoms with Crippen molar-refractivity contribution in [1.29, 1.82) is 0 Å². The molecule has 0 unspecified atom stereocenters. The van der Waals surface area contributed by atoms with Crippen molar-refractivity contribution in [2.45, 2.75) is 26.2 Å². The average Bonchev–Trinajstić information content (AvgIpc) is 2.18. The highest BCUT2D eigenvalue weighted by Gasteiger charge is 2.23. The number of piperidine rings is 1. The Kier molecular flexibility index (Phi) is 4.23. The van der Waals surface area contributed by atoms with Gasteiger partial charge in [-0.25, -0.2) is 9.59 Å². The third-order valence-electron chi connectivity index (χ3n) is 1.93. The molecule has 0 saturated carbocycles. The molecule has 0 atom stereocenters. The highest BCUT2D eigenvalue weighted by molar-refractivity contribution is 6.31. The van der Waals surface area contributed by atoms with Gasteiger partial charge in [-0.3, -0.25) is 4.79 Å². The second-order valence-corrected chi connectivity index (χ2v) is 3.25. The molecule has 0 aromatic carbocycles. The normalized spacial score (nSPS) is 16.9. The van der Waals surface area contributed by atoms with Crippen LogP contribution in [-0.4, -0.2) is 36.1 Å². The Morgan fingerprint density at radius 1 is 1.00 bits per heavy atom. The van der Waals surface area contributed by atoms with Gasteiger partial charge in [0.2, 0.25) is 0 Å². The lowest BCUT2D eigenvalue weighted by atomic mass is 10.2. The van der Waals surface area contributed by atoms with E-state index >= 15 is 0 Å². The minimum atomic E-state index is -1.27. The lowest BCUT2D eigenvalue weighted by Crippen LogP contribution is -2.35. The molecular formula is C9H13NO5. The zero-order valence-electron chi connectivity index (χ0n) is 8.52. The van der Waals surface area contributed by atoms with E-state index in [1.807, 2.05) is 0 Å². The molecule has 0 spiro atoms. The van der Waals surface area contributed by atoms with Crippen LogP contribution in [0.25, 0.3) is 0 Å². The van der Waals surface area contributed by atoms with E-state index in [1.165, 1.54) is 5.06 Å². The highest BCUT2D eigenvalue weighted by atomic mass is 16.7. The van der Waals surface area contributed by atoms with Crippen LogP contribution >= 0.6 is 0 Å². The van der Waals surface area contributed by atoms with Crippen molar-refractivity contribution in [3.63, 3.8) is 0 Å². The standard InChI is InChI=1S/C9H13NO5/c1-7(11)14-8(12)9(13)15-10-5-3-2-4-6-10/h2-6H2,1H3. The van der Waals surface area contributed by atoms with E-state index in [0.717, 1.165) is 26.2 Å². The van der Waals surface area contributed by atoms with Gasteiger partial charge >= 0.3 is 17.9 Å². The fourth-order valence-corrected chi connectivity index (χ4v) is 1.28. The predicted octanol–water partition coefficient (Wildman–Crippen LogP) is 0.0202. The fourth-order valence-electron chi connectivity index (χ4n) is 1.28. The molecule has 0 aromatic heterocycles. The number of ether oxygens (including phenoxy) is 1. The SMILES string of the molecule is CC(=O)OC(=O)C(=O)ON1CCCCC1. The van der Waals surface area contributed by atoms with Crippen LogP contribution in [0.5, 0.6) is 0 Å². The van der Waals surface area contributed by atoms with Gasteiger partial charge in [0.15, 0.2) is 0 Å². The van der Waals surface area contributed by atoms with Crippen LogP contribution in [0.1, 0.15) is 26.2 Å². The first kappa shape index (κ1) is 11.6. The monoisotopic (exact) mass is 215 g/mol. The van der Waals surface area contributed by atoms with Gasteiger partial charge in [0.05, 0.1) is 0 Å². The Morgan fingerprint density at radius 2 is 1.60 bits per heavy atom. The molecule has 1 rings (SSSR count). The van der Waals surface area contributed by atoms with Crippen LogP contribution < -0.4 is 0 Å². The summed E-state index contributed by atoms with van der Waals surface area (Å²) < 4.78 is 4.07. The maximum atomic E-state index is 11.1. The second kappa shape index (κ2) is 5.45. The van der Waals surface area contributed by atoms with Crippen molar-refractivity contribution >= 4 is 17.9 Å². The average molecular weight is 215 g/mol. The number of rotatable bonds is 1. The minimum Gasteiger partial charge on any atom is -0.385 e. The summed E-state index contributed by atoms with van der Waals surface area (Å²) in [7, 11) is 0. The Morgan fingerprint density at radius 3 is 2.13 bits per heavy atom. The molecule has 0 bridgehead atoms. The van der Waals surface area contributed by atoms with E-state index in [9.17, 15) is 14.4 Å². The van der Waals surface area contributed by atoms with Crippen molar-refractivity contribution in [2.75, 3.05) is 13.1 Å². The lowest BCUT2D eigenvalue weighted by molar-refractivity contribution is -0.203. The van der Waals surface area contributed by atoms with E-state index in [2.05, 4.69) is 4.74 Å². The van der Waals surface area contributed by atoms with Crippen molar-refractivity contribution in [3.05, 3.63) is 0 Å². The molecule has 0 amide bonds. The second-order valence-electron chi connectivity index (χ2n) is 3.25. The van der Waals surface area contributed by atoms with E-state index < -0.39 is 17.9 Å². The van der Waals surface area contributed by atoms with Gasteiger partial charge in [-0.05, 0) is 12.8 Å². The van der Waals surface area contributed by atoms with E-state index in [0.29, 0.717) is 13.1 Å². The number of hydrogen-bond acceptors (Lipinski definition) is 6. The van der Waals surface area contributed by atoms with E-state index in [1.54, 1.807) is 0 Å². The predicted molar refractivity (Wildman–Crippen MR) is 48.3 cm³/mol. The number of esters is 2. The Balaban J connectivity index is 2.33. The van der Waals surface area contributed by atoms with Gasteiger partial charge < -0.3 is 9.57 Å². The minimum absolute atomic E-state index is 0.610. The highest BCUT2D eigenvalue weighted by Crippen LogP contribution is 2.08. The van der Waals surface area contributed by atoms with Crippen LogP contribution in [0.4, 0.5) is 0 Å². The molecule has 0 aliphatic carbocycles. The summed E-state index contributed by atoms with van der Waals surface area (Å²) in [5.41, 5.74) is 0. The van der Waals surface area contributed by atoms with Crippen molar-refractivity contribution in [1.82, 2.24) is 5.06 Å². The van der Waals surface area contributed by atoms with Gasteiger partial charge in [0, 0.05) is 20.0 Å². The molecule has 6 nitrogen and oxygen atoms in total. The first-order chi connectivity index (χ1) is 7.09. The van der Waals surface area contributed by atoms with Gasteiger partial charge in [0.25, 0.3) is 0 Å². The molecular weight excluding hydrogens is 202 g/mol. The number of carbonyl (C=O) groups excluding carboxylic acids is 3. The summed E-state index contributed by atoms with van der Waals surface area (Å²) in [6.45, 7) is 2.27. The third-order valence-corrected chi connectivity index (χ3v) is 1.93. The molecule has 1 fully saturated rings. The Hall–Kier alpha value is -1.43. The molecule has 1 heterocycles. The number of hydrogen-bond donors (Lipinski definition) is 0. The van der Waals surface area contributed by atoms with Crippen LogP contribution in [0.2, 0.25) is 0 Å². The molecule has 0 aromatic rings. The van der Waals surface area contributed by atoms with Crippen LogP contribution in [0.15, 0.2) is 0 Å². The molecule has 1 saturated heterocycles. The first-order valence-electron chi connectivity index (χ1n) is 4.79. The number of nitrogens with zero attached hydrogens (tertiary/aromatic N) is 1. The van der Waals surface area contributed by atoms with Crippen molar-refractivity contribution in [2.24, 2.45) is 0 Å². The summed E-state index contributed by atoms with van der Waals surface area (Å²) in [6, 6.07) is 0. The zero-order chi connectivity index (χ0) is 11.3. The summed E-state index contributed by atoms with van der Waals surface area (Å²) in [5, 5.41) is 1.41. The van der Waals surface area contributed by atoms with Crippen molar-refractivity contribution < 1.29 is 24.0 Å². The summed E-state index contributed by atoms with van der Waals surface area (Å²) in [4.78, 5) is 37.0. The van der Waals surface area contributed by atoms with Gasteiger partial charge in [-0.2, -0.15) is 0 Å². The first-order valence-corrected chi connectivity index (χ1v) is 4.79. The van der Waals surface area contributed by atoms with E-state index in [4.69, 9.17) is 4.84 Å². The van der Waals surface area contributed by atoms with Gasteiger partial charge in [-0.15, -0.1) is 5.06 Å². The molecule has 15 heavy (non-hydrogen) atoms. The third kappa shape index (κ3) is 4.07. The zero-order valence-corrected chi connectivity index (χ0v) is 8.52. The Labute approximate surface area is 87.1 Å². The topological polar surface area (TPSA) is 72.9 Å². The molecule has 1 aliphatic heterocycles. The molecule has 0 radical (unpaired) electrons. The molecule has 1 aliphatic rings. The number of carbonyl (C=O) groups is 3. The molecule has 0 N–H and O–H groups in total. The van der Waals surface area contributed by atoms with Gasteiger partial charge in [-0.1, -0.05) is 6.42 Å². The fraction of sp³-hybridized carbons (Fsp3) is 0.667. The van der Waals surface area contributed by atoms with Crippen LogP contribution in [0.3, 0.4) is 0 Å². The smallest absolute Gasteiger partial charge is 0.385 e. The van der Waals surface area contributed by atoms with Crippen LogP contribution in [-0.2, 0) is 24.0 Å². The molecule has 84 valence electrons. The van der Waals surface area contributed by atoms with E-state index in [-0.39, 0.29) is 0 Å². The Bertz CT molecular complexity index is 270. The lowest BCUT2D eigenvalue weighted by Gasteiger charge is -2.23. The summed E-state index contributed by atoms with van der Waals surface area (Å²) in [6.07, 6.45) is 2.94. The van der Waals surface area contributed by atoms with Crippen molar-refractivity contribution in [3.8, 4) is 0 Å².